The molecule has 11 aromatic rings. The molecule has 0 amide bonds. The van der Waals surface area contributed by atoms with E-state index in [2.05, 4.69) is 189 Å². The van der Waals surface area contributed by atoms with E-state index in [1.165, 1.54) is 71.7 Å². The maximum Gasteiger partial charge on any atom is 0.144 e. The van der Waals surface area contributed by atoms with E-state index in [1.807, 2.05) is 6.07 Å². The van der Waals surface area contributed by atoms with Crippen LogP contribution in [0.1, 0.15) is 42.5 Å². The van der Waals surface area contributed by atoms with Crippen LogP contribution in [0.4, 0.5) is 17.1 Å². The highest BCUT2D eigenvalue weighted by atomic mass is 16.3. The first-order chi connectivity index (χ1) is 29.5. The second-order valence-electron chi connectivity index (χ2n) is 17.0. The third-order valence-electron chi connectivity index (χ3n) is 13.4. The molecule has 0 aliphatic heterocycles. The molecule has 13 rings (SSSR count). The summed E-state index contributed by atoms with van der Waals surface area (Å²) in [4.78, 5) is 2.51. The molecule has 2 aliphatic carbocycles. The number of hydrogen-bond donors (Lipinski definition) is 0. The largest absolute Gasteiger partial charge is 0.455 e. The van der Waals surface area contributed by atoms with E-state index in [9.17, 15) is 0 Å². The Balaban J connectivity index is 1.08. The first-order valence-electron chi connectivity index (χ1n) is 21.1. The van der Waals surface area contributed by atoms with Crippen molar-refractivity contribution in [2.24, 2.45) is 0 Å². The summed E-state index contributed by atoms with van der Waals surface area (Å²) in [5.41, 5.74) is 17.0. The zero-order valence-corrected chi connectivity index (χ0v) is 33.4. The molecule has 60 heavy (non-hydrogen) atoms. The normalized spacial score (nSPS) is 14.1. The van der Waals surface area contributed by atoms with Crippen molar-refractivity contribution in [3.8, 4) is 22.3 Å². The molecular weight excluding hydrogens is 731 g/mol. The molecule has 0 radical (unpaired) electrons. The number of rotatable bonds is 4. The zero-order chi connectivity index (χ0) is 39.7. The maximum absolute atomic E-state index is 7.14. The fourth-order valence-corrected chi connectivity index (χ4v) is 11.0. The van der Waals surface area contributed by atoms with Crippen LogP contribution in [0.2, 0.25) is 0 Å². The third-order valence-corrected chi connectivity index (χ3v) is 13.4. The zero-order valence-electron chi connectivity index (χ0n) is 33.4. The molecule has 9 aromatic carbocycles. The number of para-hydroxylation sites is 3. The van der Waals surface area contributed by atoms with E-state index in [0.29, 0.717) is 0 Å². The highest BCUT2D eigenvalue weighted by Gasteiger charge is 2.44. The highest BCUT2D eigenvalue weighted by molar-refractivity contribution is 6.19. The fraction of sp³-hybridized carbons (Fsp3) is 0.0877. The first-order valence-corrected chi connectivity index (χ1v) is 21.1. The van der Waals surface area contributed by atoms with Crippen LogP contribution in [0.5, 0.6) is 0 Å². The van der Waals surface area contributed by atoms with Gasteiger partial charge in [0.2, 0.25) is 0 Å². The summed E-state index contributed by atoms with van der Waals surface area (Å²) in [6.45, 7) is 4.87. The second kappa shape index (κ2) is 12.3. The Hall–Kier alpha value is -7.36. The molecule has 3 nitrogen and oxygen atoms in total. The van der Waals surface area contributed by atoms with Gasteiger partial charge < -0.3 is 13.7 Å². The van der Waals surface area contributed by atoms with Gasteiger partial charge in [0.1, 0.15) is 22.3 Å². The number of nitrogens with zero attached hydrogens (tertiary/aromatic N) is 1. The van der Waals surface area contributed by atoms with Crippen molar-refractivity contribution in [2.45, 2.75) is 32.1 Å². The van der Waals surface area contributed by atoms with Crippen LogP contribution >= 0.6 is 0 Å². The average Bonchev–Trinajstić information content (AvgIpc) is 3.95. The van der Waals surface area contributed by atoms with Crippen molar-refractivity contribution in [1.82, 2.24) is 0 Å². The summed E-state index contributed by atoms with van der Waals surface area (Å²) in [7, 11) is 0. The Morgan fingerprint density at radius 2 is 1.22 bits per heavy atom. The van der Waals surface area contributed by atoms with Crippen LogP contribution in [-0.2, 0) is 11.8 Å². The maximum atomic E-state index is 7.14. The molecule has 2 aromatic heterocycles. The summed E-state index contributed by atoms with van der Waals surface area (Å²) in [5, 5.41) is 9.57. The van der Waals surface area contributed by atoms with Gasteiger partial charge in [-0.1, -0.05) is 147 Å². The lowest BCUT2D eigenvalue weighted by Crippen LogP contribution is -2.22. The van der Waals surface area contributed by atoms with Gasteiger partial charge in [-0.15, -0.1) is 0 Å². The molecule has 3 heteroatoms. The van der Waals surface area contributed by atoms with E-state index >= 15 is 0 Å². The van der Waals surface area contributed by atoms with Crippen LogP contribution in [0.15, 0.2) is 179 Å². The van der Waals surface area contributed by atoms with Crippen molar-refractivity contribution in [3.05, 3.63) is 192 Å². The van der Waals surface area contributed by atoms with Gasteiger partial charge in [-0.25, -0.2) is 0 Å². The van der Waals surface area contributed by atoms with Crippen molar-refractivity contribution >= 4 is 88.6 Å². The number of benzene rings is 9. The predicted octanol–water partition coefficient (Wildman–Crippen LogP) is 16.2. The lowest BCUT2D eigenvalue weighted by atomic mass is 9.75. The summed E-state index contributed by atoms with van der Waals surface area (Å²) < 4.78 is 13.7. The molecule has 0 saturated carbocycles. The minimum atomic E-state index is -0.328. The van der Waals surface area contributed by atoms with Crippen molar-refractivity contribution < 1.29 is 8.83 Å². The Bertz CT molecular complexity index is 3640. The van der Waals surface area contributed by atoms with Crippen molar-refractivity contribution in [1.29, 1.82) is 0 Å². The molecule has 0 fully saturated rings. The van der Waals surface area contributed by atoms with Gasteiger partial charge in [-0.2, -0.15) is 0 Å². The monoisotopic (exact) mass is 769 g/mol. The molecule has 0 N–H and O–H groups in total. The van der Waals surface area contributed by atoms with Crippen molar-refractivity contribution in [2.75, 3.05) is 4.90 Å². The smallest absolute Gasteiger partial charge is 0.144 e. The van der Waals surface area contributed by atoms with Gasteiger partial charge in [-0.05, 0) is 105 Å². The number of hydrogen-bond acceptors (Lipinski definition) is 3. The van der Waals surface area contributed by atoms with Gasteiger partial charge in [0.05, 0.1) is 11.4 Å². The van der Waals surface area contributed by atoms with E-state index in [1.54, 1.807) is 0 Å². The van der Waals surface area contributed by atoms with E-state index in [-0.39, 0.29) is 5.41 Å². The van der Waals surface area contributed by atoms with Crippen LogP contribution in [0.25, 0.3) is 93.8 Å². The SMILES string of the molecule is CC1(C)c2c(cccc2N(c2ccccc2)c2cc3ccccc3c3ccccc23)-c2c1c1c(c3c2oc2ccc(-c4cccc5c4oc4ccccc45)cc23)C=CCC1. The molecule has 284 valence electrons. The quantitative estimate of drug-likeness (QED) is 0.167. The average molecular weight is 770 g/mol. The summed E-state index contributed by atoms with van der Waals surface area (Å²) >= 11 is 0. The Labute approximate surface area is 347 Å². The number of anilines is 3. The molecule has 0 bridgehead atoms. The summed E-state index contributed by atoms with van der Waals surface area (Å²) in [6.07, 6.45) is 6.70. The van der Waals surface area contributed by atoms with E-state index < -0.39 is 0 Å². The van der Waals surface area contributed by atoms with Crippen LogP contribution in [-0.4, -0.2) is 0 Å². The fourth-order valence-electron chi connectivity index (χ4n) is 11.0. The van der Waals surface area contributed by atoms with Gasteiger partial charge in [0.15, 0.2) is 0 Å². The van der Waals surface area contributed by atoms with Gasteiger partial charge in [0, 0.05) is 49.2 Å². The molecule has 2 aliphatic rings. The lowest BCUT2D eigenvalue weighted by molar-refractivity contribution is 0.644. The highest BCUT2D eigenvalue weighted by Crippen LogP contribution is 2.60. The Morgan fingerprint density at radius 1 is 0.517 bits per heavy atom. The predicted molar refractivity (Wildman–Crippen MR) is 251 cm³/mol. The minimum Gasteiger partial charge on any atom is -0.455 e. The number of fused-ring (bicyclic) bond motifs is 16. The number of furan rings is 2. The summed E-state index contributed by atoms with van der Waals surface area (Å²) in [5.74, 6) is 0. The molecule has 2 heterocycles. The first kappa shape index (κ1) is 33.6. The minimum absolute atomic E-state index is 0.328. The van der Waals surface area contributed by atoms with Gasteiger partial charge in [-0.3, -0.25) is 0 Å². The lowest BCUT2D eigenvalue weighted by Gasteiger charge is -2.34. The van der Waals surface area contributed by atoms with Crippen molar-refractivity contribution in [3.63, 3.8) is 0 Å². The van der Waals surface area contributed by atoms with Crippen LogP contribution in [0.3, 0.4) is 0 Å². The Kier molecular flexibility index (Phi) is 6.90. The topological polar surface area (TPSA) is 29.5 Å². The molecule has 0 spiro atoms. The number of allylic oxidation sites excluding steroid dienone is 1. The summed E-state index contributed by atoms with van der Waals surface area (Å²) in [6, 6.07) is 59.3. The van der Waals surface area contributed by atoms with E-state index in [4.69, 9.17) is 8.83 Å². The molecular formula is C57H39NO2. The van der Waals surface area contributed by atoms with Gasteiger partial charge >= 0.3 is 0 Å². The molecule has 0 saturated heterocycles. The second-order valence-corrected chi connectivity index (χ2v) is 17.0. The Morgan fingerprint density at radius 3 is 2.10 bits per heavy atom. The third kappa shape index (κ3) is 4.55. The molecule has 0 unspecified atom stereocenters. The molecule has 0 atom stereocenters. The van der Waals surface area contributed by atoms with Gasteiger partial charge in [0.25, 0.3) is 0 Å². The van der Waals surface area contributed by atoms with Crippen LogP contribution < -0.4 is 4.90 Å². The standard InChI is InChI=1S/C57H39NO2/c1-57(2)53-45(27-15-28-47(53)58(36-17-4-3-5-18-36)48-33-34-16-6-7-19-37(34)39-20-8-9-21-40(39)48)52-54(57)43-24-11-10-23-42(43)51-46-32-35(30-31-50(46)60-56(51)52)38-25-14-26-44-41-22-12-13-29-49(41)59-55(38)44/h3-10,12-23,25-33H,11,24H2,1-2H3. The van der Waals surface area contributed by atoms with E-state index in [0.717, 1.165) is 68.1 Å². The van der Waals surface area contributed by atoms with Crippen LogP contribution in [0, 0.1) is 0 Å².